The Kier molecular flexibility index (Phi) is 4.67. The lowest BCUT2D eigenvalue weighted by Gasteiger charge is -2.08. The molecule has 0 saturated carbocycles. The first kappa shape index (κ1) is 16.9. The Labute approximate surface area is 146 Å². The number of anilines is 1. The molecule has 0 atom stereocenters. The number of benzene rings is 1. The molecule has 3 aromatic rings. The summed E-state index contributed by atoms with van der Waals surface area (Å²) in [5, 5.41) is 6.63. The van der Waals surface area contributed by atoms with Crippen LogP contribution in [0.3, 0.4) is 0 Å². The zero-order chi connectivity index (χ0) is 17.9. The van der Waals surface area contributed by atoms with Crippen LogP contribution in [0.5, 0.6) is 0 Å². The maximum absolute atomic E-state index is 12.6. The number of hydrogen-bond acceptors (Lipinski definition) is 4. The zero-order valence-corrected chi connectivity index (χ0v) is 14.7. The molecule has 2 N–H and O–H groups in total. The number of sulfonamides is 1. The van der Waals surface area contributed by atoms with Crippen LogP contribution in [0.2, 0.25) is 0 Å². The van der Waals surface area contributed by atoms with E-state index in [-0.39, 0.29) is 4.90 Å². The highest BCUT2D eigenvalue weighted by molar-refractivity contribution is 7.92. The van der Waals surface area contributed by atoms with Crippen LogP contribution < -0.4 is 4.72 Å². The minimum atomic E-state index is -3.70. The van der Waals surface area contributed by atoms with Crippen molar-refractivity contribution in [2.75, 3.05) is 4.72 Å². The summed E-state index contributed by atoms with van der Waals surface area (Å²) in [6.45, 7) is 3.34. The molecule has 25 heavy (non-hydrogen) atoms. The van der Waals surface area contributed by atoms with Gasteiger partial charge in [-0.3, -0.25) is 14.8 Å². The van der Waals surface area contributed by atoms with Gasteiger partial charge in [0.05, 0.1) is 17.1 Å². The van der Waals surface area contributed by atoms with Crippen molar-refractivity contribution in [2.24, 2.45) is 0 Å². The minimum absolute atomic E-state index is 0.182. The third-order valence-corrected chi connectivity index (χ3v) is 5.25. The summed E-state index contributed by atoms with van der Waals surface area (Å²) < 4.78 is 27.8. The molecule has 2 aromatic heterocycles. The van der Waals surface area contributed by atoms with Crippen molar-refractivity contribution >= 4 is 27.9 Å². The number of nitrogens with one attached hydrogen (secondary N) is 2. The Balaban J connectivity index is 1.84. The number of rotatable bonds is 5. The molecule has 0 radical (unpaired) electrons. The number of hydrogen-bond donors (Lipinski definition) is 2. The Morgan fingerprint density at radius 2 is 1.92 bits per heavy atom. The Morgan fingerprint density at radius 1 is 1.08 bits per heavy atom. The fraction of sp³-hybridized carbons (Fsp3) is 0.111. The van der Waals surface area contributed by atoms with E-state index in [4.69, 9.17) is 0 Å². The van der Waals surface area contributed by atoms with Gasteiger partial charge in [0.15, 0.2) is 0 Å². The molecule has 0 fully saturated rings. The highest BCUT2D eigenvalue weighted by Crippen LogP contribution is 2.22. The van der Waals surface area contributed by atoms with E-state index in [2.05, 4.69) is 19.9 Å². The number of pyridine rings is 1. The second-order valence-electron chi connectivity index (χ2n) is 5.58. The van der Waals surface area contributed by atoms with Crippen molar-refractivity contribution in [2.45, 2.75) is 18.7 Å². The molecule has 0 spiro atoms. The maximum atomic E-state index is 12.6. The van der Waals surface area contributed by atoms with Gasteiger partial charge in [-0.2, -0.15) is 5.10 Å². The van der Waals surface area contributed by atoms with Crippen LogP contribution in [0.15, 0.2) is 53.6 Å². The summed E-state index contributed by atoms with van der Waals surface area (Å²) in [5.74, 6) is 0. The average Bonchev–Trinajstić information content (AvgIpc) is 2.93. The molecule has 128 valence electrons. The van der Waals surface area contributed by atoms with E-state index >= 15 is 0 Å². The highest BCUT2D eigenvalue weighted by atomic mass is 32.2. The first-order valence-corrected chi connectivity index (χ1v) is 9.17. The lowest BCUT2D eigenvalue weighted by atomic mass is 10.2. The third kappa shape index (κ3) is 3.95. The van der Waals surface area contributed by atoms with Crippen molar-refractivity contribution in [1.82, 2.24) is 15.2 Å². The van der Waals surface area contributed by atoms with Crippen molar-refractivity contribution < 1.29 is 8.42 Å². The van der Waals surface area contributed by atoms with Crippen LogP contribution in [0, 0.1) is 13.8 Å². The normalized spacial score (nSPS) is 11.8. The average molecular weight is 354 g/mol. The molecule has 3 rings (SSSR count). The molecule has 0 aliphatic heterocycles. The molecule has 0 amide bonds. The van der Waals surface area contributed by atoms with Gasteiger partial charge in [0.2, 0.25) is 0 Å². The Morgan fingerprint density at radius 3 is 2.60 bits per heavy atom. The largest absolute Gasteiger partial charge is 0.281 e. The summed E-state index contributed by atoms with van der Waals surface area (Å²) in [6.07, 6.45) is 5.48. The third-order valence-electron chi connectivity index (χ3n) is 3.60. The van der Waals surface area contributed by atoms with Gasteiger partial charge in [-0.1, -0.05) is 24.3 Å². The van der Waals surface area contributed by atoms with Crippen LogP contribution in [-0.2, 0) is 10.0 Å². The van der Waals surface area contributed by atoms with Gasteiger partial charge in [0.25, 0.3) is 10.0 Å². The predicted octanol–water partition coefficient (Wildman–Crippen LogP) is 3.39. The first-order chi connectivity index (χ1) is 12.0. The maximum Gasteiger partial charge on any atom is 0.265 e. The van der Waals surface area contributed by atoms with E-state index in [9.17, 15) is 8.42 Å². The summed E-state index contributed by atoms with van der Waals surface area (Å²) in [5.41, 5.74) is 3.14. The van der Waals surface area contributed by atoms with Crippen LogP contribution >= 0.6 is 0 Å². The quantitative estimate of drug-likeness (QED) is 0.735. The van der Waals surface area contributed by atoms with Crippen molar-refractivity contribution in [3.05, 3.63) is 71.3 Å². The van der Waals surface area contributed by atoms with Gasteiger partial charge in [0, 0.05) is 11.9 Å². The van der Waals surface area contributed by atoms with Crippen molar-refractivity contribution in [1.29, 1.82) is 0 Å². The molecule has 0 unspecified atom stereocenters. The Hall–Kier alpha value is -2.93. The van der Waals surface area contributed by atoms with Crippen LogP contribution in [-0.4, -0.2) is 23.6 Å². The van der Waals surface area contributed by atoms with Crippen LogP contribution in [0.1, 0.15) is 22.6 Å². The zero-order valence-electron chi connectivity index (χ0n) is 13.9. The molecule has 7 heteroatoms. The second kappa shape index (κ2) is 6.90. The minimum Gasteiger partial charge on any atom is -0.281 e. The smallest absolute Gasteiger partial charge is 0.265 e. The first-order valence-electron chi connectivity index (χ1n) is 7.69. The molecule has 0 saturated heterocycles. The number of nitrogens with zero attached hydrogens (tertiary/aromatic N) is 2. The van der Waals surface area contributed by atoms with Crippen LogP contribution in [0.25, 0.3) is 12.2 Å². The van der Waals surface area contributed by atoms with Crippen molar-refractivity contribution in [3.8, 4) is 0 Å². The fourth-order valence-corrected chi connectivity index (χ4v) is 3.93. The number of H-pyrrole nitrogens is 1. The van der Waals surface area contributed by atoms with E-state index in [1.54, 1.807) is 38.2 Å². The molecule has 1 aromatic carbocycles. The van der Waals surface area contributed by atoms with Gasteiger partial charge < -0.3 is 0 Å². The van der Waals surface area contributed by atoms with E-state index in [1.807, 2.05) is 36.4 Å². The predicted molar refractivity (Wildman–Crippen MR) is 98.5 cm³/mol. The van der Waals surface area contributed by atoms with E-state index in [1.165, 1.54) is 0 Å². The van der Waals surface area contributed by atoms with E-state index in [0.717, 1.165) is 11.3 Å². The summed E-state index contributed by atoms with van der Waals surface area (Å²) in [6, 6.07) is 12.8. The number of aromatic nitrogens is 3. The van der Waals surface area contributed by atoms with Gasteiger partial charge >= 0.3 is 0 Å². The van der Waals surface area contributed by atoms with Gasteiger partial charge in [-0.25, -0.2) is 8.42 Å². The molecule has 0 aliphatic carbocycles. The SMILES string of the molecule is Cc1n[nH]c(C)c1S(=O)(=O)Nc1cccc(/C=C/c2ccccn2)c1. The van der Waals surface area contributed by atoms with Gasteiger partial charge in [-0.05, 0) is 49.8 Å². The summed E-state index contributed by atoms with van der Waals surface area (Å²) >= 11 is 0. The highest BCUT2D eigenvalue weighted by Gasteiger charge is 2.22. The van der Waals surface area contributed by atoms with Crippen LogP contribution in [0.4, 0.5) is 5.69 Å². The fourth-order valence-electron chi connectivity index (χ4n) is 2.50. The lowest BCUT2D eigenvalue weighted by Crippen LogP contribution is -2.14. The lowest BCUT2D eigenvalue weighted by molar-refractivity contribution is 0.600. The molecular formula is C18H18N4O2S. The van der Waals surface area contributed by atoms with E-state index < -0.39 is 10.0 Å². The number of aryl methyl sites for hydroxylation is 2. The number of aromatic amines is 1. The van der Waals surface area contributed by atoms with Gasteiger partial charge in [0.1, 0.15) is 4.90 Å². The summed E-state index contributed by atoms with van der Waals surface area (Å²) in [7, 11) is -3.70. The van der Waals surface area contributed by atoms with Gasteiger partial charge in [-0.15, -0.1) is 0 Å². The molecule has 6 nitrogen and oxygen atoms in total. The monoisotopic (exact) mass is 354 g/mol. The topological polar surface area (TPSA) is 87.7 Å². The molecule has 2 heterocycles. The Bertz CT molecular complexity index is 989. The van der Waals surface area contributed by atoms with Crippen molar-refractivity contribution in [3.63, 3.8) is 0 Å². The molecular weight excluding hydrogens is 336 g/mol. The summed E-state index contributed by atoms with van der Waals surface area (Å²) in [4.78, 5) is 4.40. The molecule has 0 bridgehead atoms. The second-order valence-corrected chi connectivity index (χ2v) is 7.20. The standard InChI is InChI=1S/C18H18N4O2S/c1-13-18(14(2)21-20-13)25(23,24)22-17-8-5-6-15(12-17)9-10-16-7-3-4-11-19-16/h3-12,22H,1-2H3,(H,20,21)/b10-9+. The van der Waals surface area contributed by atoms with E-state index in [0.29, 0.717) is 17.1 Å². The molecule has 0 aliphatic rings.